The van der Waals surface area contributed by atoms with Crippen molar-refractivity contribution in [3.63, 3.8) is 0 Å². The predicted octanol–water partition coefficient (Wildman–Crippen LogP) is 3.12. The van der Waals surface area contributed by atoms with Crippen LogP contribution in [0.15, 0.2) is 6.20 Å². The van der Waals surface area contributed by atoms with Crippen molar-refractivity contribution < 1.29 is 0 Å². The van der Waals surface area contributed by atoms with E-state index >= 15 is 0 Å². The Kier molecular flexibility index (Phi) is 2.62. The molecule has 0 unspecified atom stereocenters. The SMILES string of the molecule is Cc1cnn(CCC(C)C)c1C1CC1. The fourth-order valence-electron chi connectivity index (χ4n) is 1.94. The smallest absolute Gasteiger partial charge is 0.0521 e. The first-order chi connectivity index (χ1) is 6.68. The summed E-state index contributed by atoms with van der Waals surface area (Å²) in [6.07, 6.45) is 6.00. The van der Waals surface area contributed by atoms with E-state index in [4.69, 9.17) is 0 Å². The molecule has 0 saturated heterocycles. The Balaban J connectivity index is 2.08. The van der Waals surface area contributed by atoms with E-state index in [0.717, 1.165) is 18.4 Å². The van der Waals surface area contributed by atoms with Crippen molar-refractivity contribution in [1.82, 2.24) is 9.78 Å². The average Bonchev–Trinajstić information content (AvgIpc) is 2.88. The monoisotopic (exact) mass is 192 g/mol. The van der Waals surface area contributed by atoms with Crippen LogP contribution in [0.25, 0.3) is 0 Å². The Morgan fingerprint density at radius 2 is 2.21 bits per heavy atom. The van der Waals surface area contributed by atoms with Gasteiger partial charge in [-0.1, -0.05) is 13.8 Å². The molecule has 2 rings (SSSR count). The van der Waals surface area contributed by atoms with Crippen LogP contribution in [-0.4, -0.2) is 9.78 Å². The molecule has 0 N–H and O–H groups in total. The molecule has 78 valence electrons. The minimum atomic E-state index is 0.770. The minimum Gasteiger partial charge on any atom is -0.269 e. The fraction of sp³-hybridized carbons (Fsp3) is 0.750. The van der Waals surface area contributed by atoms with Crippen molar-refractivity contribution in [2.45, 2.75) is 52.5 Å². The molecule has 0 radical (unpaired) electrons. The fourth-order valence-corrected chi connectivity index (χ4v) is 1.94. The number of rotatable bonds is 4. The van der Waals surface area contributed by atoms with Crippen molar-refractivity contribution in [3.05, 3.63) is 17.5 Å². The zero-order valence-electron chi connectivity index (χ0n) is 9.45. The van der Waals surface area contributed by atoms with E-state index in [0.29, 0.717) is 0 Å². The van der Waals surface area contributed by atoms with Gasteiger partial charge in [0.15, 0.2) is 0 Å². The summed E-state index contributed by atoms with van der Waals surface area (Å²) >= 11 is 0. The lowest BCUT2D eigenvalue weighted by Gasteiger charge is -2.09. The molecule has 0 amide bonds. The van der Waals surface area contributed by atoms with Crippen molar-refractivity contribution in [1.29, 1.82) is 0 Å². The van der Waals surface area contributed by atoms with Crippen molar-refractivity contribution in [2.24, 2.45) is 5.92 Å². The van der Waals surface area contributed by atoms with Gasteiger partial charge in [-0.05, 0) is 37.7 Å². The van der Waals surface area contributed by atoms with E-state index in [1.165, 1.54) is 30.5 Å². The molecule has 0 atom stereocenters. The Morgan fingerprint density at radius 1 is 1.50 bits per heavy atom. The average molecular weight is 192 g/mol. The van der Waals surface area contributed by atoms with Crippen LogP contribution in [0, 0.1) is 12.8 Å². The summed E-state index contributed by atoms with van der Waals surface area (Å²) in [5, 5.41) is 4.47. The molecule has 2 heteroatoms. The van der Waals surface area contributed by atoms with E-state index in [1.54, 1.807) is 0 Å². The lowest BCUT2D eigenvalue weighted by Crippen LogP contribution is -2.07. The predicted molar refractivity (Wildman–Crippen MR) is 58.4 cm³/mol. The molecule has 1 aliphatic carbocycles. The first-order valence-corrected chi connectivity index (χ1v) is 5.70. The Hall–Kier alpha value is -0.790. The summed E-state index contributed by atoms with van der Waals surface area (Å²) in [6.45, 7) is 7.82. The van der Waals surface area contributed by atoms with Gasteiger partial charge in [-0.2, -0.15) is 5.10 Å². The third kappa shape index (κ3) is 1.99. The van der Waals surface area contributed by atoms with E-state index in [2.05, 4.69) is 30.6 Å². The van der Waals surface area contributed by atoms with E-state index in [9.17, 15) is 0 Å². The normalized spacial score (nSPS) is 16.6. The summed E-state index contributed by atoms with van der Waals surface area (Å²) < 4.78 is 2.23. The van der Waals surface area contributed by atoms with Gasteiger partial charge in [-0.3, -0.25) is 4.68 Å². The number of aromatic nitrogens is 2. The maximum absolute atomic E-state index is 4.47. The summed E-state index contributed by atoms with van der Waals surface area (Å²) in [6, 6.07) is 0. The van der Waals surface area contributed by atoms with Crippen molar-refractivity contribution in [3.8, 4) is 0 Å². The molecule has 1 aromatic heterocycles. The van der Waals surface area contributed by atoms with Gasteiger partial charge in [0, 0.05) is 18.2 Å². The van der Waals surface area contributed by atoms with Crippen molar-refractivity contribution >= 4 is 0 Å². The van der Waals surface area contributed by atoms with Gasteiger partial charge in [0.1, 0.15) is 0 Å². The lowest BCUT2D eigenvalue weighted by molar-refractivity contribution is 0.475. The molecule has 2 nitrogen and oxygen atoms in total. The Labute approximate surface area is 86.3 Å². The van der Waals surface area contributed by atoms with Gasteiger partial charge in [0.25, 0.3) is 0 Å². The Morgan fingerprint density at radius 3 is 2.79 bits per heavy atom. The number of hydrogen-bond donors (Lipinski definition) is 0. The molecule has 1 heterocycles. The van der Waals surface area contributed by atoms with Gasteiger partial charge in [-0.25, -0.2) is 0 Å². The van der Waals surface area contributed by atoms with Crippen LogP contribution >= 0.6 is 0 Å². The van der Waals surface area contributed by atoms with Gasteiger partial charge >= 0.3 is 0 Å². The second-order valence-corrected chi connectivity index (χ2v) is 4.89. The number of aryl methyl sites for hydroxylation is 2. The third-order valence-electron chi connectivity index (χ3n) is 2.96. The molecule has 1 aliphatic rings. The second kappa shape index (κ2) is 3.76. The van der Waals surface area contributed by atoms with Crippen LogP contribution in [0.3, 0.4) is 0 Å². The first kappa shape index (κ1) is 9.75. The lowest BCUT2D eigenvalue weighted by atomic mass is 10.1. The highest BCUT2D eigenvalue weighted by atomic mass is 15.3. The second-order valence-electron chi connectivity index (χ2n) is 4.89. The molecule has 1 aromatic rings. The van der Waals surface area contributed by atoms with Crippen LogP contribution in [0.1, 0.15) is 50.3 Å². The highest BCUT2D eigenvalue weighted by Crippen LogP contribution is 2.41. The number of hydrogen-bond acceptors (Lipinski definition) is 1. The molecule has 1 saturated carbocycles. The molecular formula is C12H20N2. The highest BCUT2D eigenvalue weighted by molar-refractivity contribution is 5.24. The zero-order chi connectivity index (χ0) is 10.1. The molecule has 0 aliphatic heterocycles. The quantitative estimate of drug-likeness (QED) is 0.716. The molecule has 0 spiro atoms. The van der Waals surface area contributed by atoms with E-state index in [1.807, 2.05) is 6.20 Å². The molecule has 1 fully saturated rings. The minimum absolute atomic E-state index is 0.770. The van der Waals surface area contributed by atoms with Crippen LogP contribution in [0.4, 0.5) is 0 Å². The first-order valence-electron chi connectivity index (χ1n) is 5.70. The van der Waals surface area contributed by atoms with E-state index < -0.39 is 0 Å². The molecular weight excluding hydrogens is 172 g/mol. The van der Waals surface area contributed by atoms with Crippen LogP contribution in [-0.2, 0) is 6.54 Å². The summed E-state index contributed by atoms with van der Waals surface area (Å²) in [5.74, 6) is 1.59. The maximum atomic E-state index is 4.47. The van der Waals surface area contributed by atoms with Gasteiger partial charge in [0.2, 0.25) is 0 Å². The summed E-state index contributed by atoms with van der Waals surface area (Å²) in [4.78, 5) is 0. The van der Waals surface area contributed by atoms with Crippen molar-refractivity contribution in [2.75, 3.05) is 0 Å². The van der Waals surface area contributed by atoms with Gasteiger partial charge in [0.05, 0.1) is 6.20 Å². The summed E-state index contributed by atoms with van der Waals surface area (Å²) in [5.41, 5.74) is 2.89. The number of nitrogens with zero attached hydrogens (tertiary/aromatic N) is 2. The van der Waals surface area contributed by atoms with Gasteiger partial charge < -0.3 is 0 Å². The van der Waals surface area contributed by atoms with Gasteiger partial charge in [-0.15, -0.1) is 0 Å². The van der Waals surface area contributed by atoms with Crippen LogP contribution in [0.2, 0.25) is 0 Å². The molecule has 0 aromatic carbocycles. The maximum Gasteiger partial charge on any atom is 0.0521 e. The standard InChI is InChI=1S/C12H20N2/c1-9(2)6-7-14-12(11-4-5-11)10(3)8-13-14/h8-9,11H,4-7H2,1-3H3. The largest absolute Gasteiger partial charge is 0.269 e. The topological polar surface area (TPSA) is 17.8 Å². The molecule has 0 bridgehead atoms. The van der Waals surface area contributed by atoms with Crippen LogP contribution in [0.5, 0.6) is 0 Å². The Bertz CT molecular complexity index is 308. The third-order valence-corrected chi connectivity index (χ3v) is 2.96. The summed E-state index contributed by atoms with van der Waals surface area (Å²) in [7, 11) is 0. The molecule has 14 heavy (non-hydrogen) atoms. The highest BCUT2D eigenvalue weighted by Gasteiger charge is 2.28. The van der Waals surface area contributed by atoms with E-state index in [-0.39, 0.29) is 0 Å². The zero-order valence-corrected chi connectivity index (χ0v) is 9.45. The van der Waals surface area contributed by atoms with Crippen LogP contribution < -0.4 is 0 Å².